The van der Waals surface area contributed by atoms with Crippen molar-refractivity contribution in [3.63, 3.8) is 0 Å². The van der Waals surface area contributed by atoms with E-state index in [9.17, 15) is 9.59 Å². The molecule has 0 radical (unpaired) electrons. The van der Waals surface area contributed by atoms with Gasteiger partial charge in [0.15, 0.2) is 0 Å². The number of carboxylic acids is 1. The Bertz CT molecular complexity index is 766. The molecule has 0 unspecified atom stereocenters. The number of aromatic carboxylic acids is 1. The Morgan fingerprint density at radius 3 is 2.62 bits per heavy atom. The van der Waals surface area contributed by atoms with Crippen molar-refractivity contribution in [1.29, 1.82) is 0 Å². The molecule has 0 aliphatic carbocycles. The number of benzene rings is 1. The fourth-order valence-corrected chi connectivity index (χ4v) is 2.18. The molecule has 5 heteroatoms. The van der Waals surface area contributed by atoms with E-state index in [2.05, 4.69) is 16.2 Å². The van der Waals surface area contributed by atoms with Crippen LogP contribution in [-0.2, 0) is 0 Å². The van der Waals surface area contributed by atoms with Crippen molar-refractivity contribution < 1.29 is 14.7 Å². The Morgan fingerprint density at radius 2 is 2.05 bits per heavy atom. The van der Waals surface area contributed by atoms with Crippen LogP contribution in [0.15, 0.2) is 24.3 Å². The molecule has 1 aromatic carbocycles. The third-order valence-corrected chi connectivity index (χ3v) is 3.17. The van der Waals surface area contributed by atoms with Crippen LogP contribution >= 0.6 is 0 Å². The van der Waals surface area contributed by atoms with E-state index in [-0.39, 0.29) is 11.6 Å². The lowest BCUT2D eigenvalue weighted by atomic mass is 10.1. The van der Waals surface area contributed by atoms with Gasteiger partial charge in [-0.05, 0) is 37.6 Å². The minimum atomic E-state index is -1.09. The third-order valence-electron chi connectivity index (χ3n) is 3.17. The van der Waals surface area contributed by atoms with Gasteiger partial charge in [-0.1, -0.05) is 12.0 Å². The summed E-state index contributed by atoms with van der Waals surface area (Å²) < 4.78 is 0. The predicted molar refractivity (Wildman–Crippen MR) is 79.6 cm³/mol. The fraction of sp³-hybridized carbons (Fsp3) is 0.125. The Labute approximate surface area is 122 Å². The first-order valence-electron chi connectivity index (χ1n) is 6.24. The molecule has 21 heavy (non-hydrogen) atoms. The second kappa shape index (κ2) is 5.55. The number of nitrogens with one attached hydrogen (secondary N) is 2. The van der Waals surface area contributed by atoms with Gasteiger partial charge in [0.05, 0.1) is 5.56 Å². The molecule has 0 atom stereocenters. The summed E-state index contributed by atoms with van der Waals surface area (Å²) in [5.74, 6) is 1.02. The smallest absolute Gasteiger partial charge is 0.352 e. The Balaban J connectivity index is 2.33. The molecule has 0 bridgehead atoms. The standard InChI is InChI=1S/C16H14N2O3/c1-4-11-6-5-7-12(8-11)18-15(19)13-9(2)14(16(20)21)17-10(13)3/h1,5-8,17H,2-3H3,(H,18,19)(H,20,21). The van der Waals surface area contributed by atoms with Crippen LogP contribution in [0, 0.1) is 26.2 Å². The molecule has 1 aromatic heterocycles. The highest BCUT2D eigenvalue weighted by Gasteiger charge is 2.21. The van der Waals surface area contributed by atoms with Gasteiger partial charge in [0, 0.05) is 16.9 Å². The first kappa shape index (κ1) is 14.4. The molecule has 106 valence electrons. The quantitative estimate of drug-likeness (QED) is 0.757. The number of carboxylic acid groups (broad SMARTS) is 1. The summed E-state index contributed by atoms with van der Waals surface area (Å²) in [6.45, 7) is 3.26. The van der Waals surface area contributed by atoms with Gasteiger partial charge >= 0.3 is 5.97 Å². The number of hydrogen-bond donors (Lipinski definition) is 3. The summed E-state index contributed by atoms with van der Waals surface area (Å²) in [6, 6.07) is 6.89. The molecule has 0 aliphatic rings. The normalized spacial score (nSPS) is 9.95. The average Bonchev–Trinajstić information content (AvgIpc) is 2.74. The van der Waals surface area contributed by atoms with Crippen molar-refractivity contribution in [2.45, 2.75) is 13.8 Å². The van der Waals surface area contributed by atoms with Crippen molar-refractivity contribution in [3.05, 3.63) is 52.3 Å². The molecule has 3 N–H and O–H groups in total. The second-order valence-corrected chi connectivity index (χ2v) is 4.61. The summed E-state index contributed by atoms with van der Waals surface area (Å²) >= 11 is 0. The summed E-state index contributed by atoms with van der Waals surface area (Å²) in [6.07, 6.45) is 5.31. The van der Waals surface area contributed by atoms with Gasteiger partial charge in [-0.25, -0.2) is 4.79 Å². The van der Waals surface area contributed by atoms with E-state index < -0.39 is 5.97 Å². The average molecular weight is 282 g/mol. The maximum atomic E-state index is 12.3. The van der Waals surface area contributed by atoms with E-state index in [0.717, 1.165) is 0 Å². The molecule has 0 fully saturated rings. The fourth-order valence-electron chi connectivity index (χ4n) is 2.18. The Morgan fingerprint density at radius 1 is 1.33 bits per heavy atom. The lowest BCUT2D eigenvalue weighted by Crippen LogP contribution is -2.14. The molecular weight excluding hydrogens is 268 g/mol. The van der Waals surface area contributed by atoms with E-state index in [1.54, 1.807) is 38.1 Å². The maximum Gasteiger partial charge on any atom is 0.352 e. The number of carbonyl (C=O) groups excluding carboxylic acids is 1. The minimum Gasteiger partial charge on any atom is -0.477 e. The van der Waals surface area contributed by atoms with Gasteiger partial charge in [-0.3, -0.25) is 4.79 Å². The number of aromatic amines is 1. The van der Waals surface area contributed by atoms with E-state index >= 15 is 0 Å². The van der Waals surface area contributed by atoms with Gasteiger partial charge < -0.3 is 15.4 Å². The molecule has 2 aromatic rings. The number of terminal acetylenes is 1. The largest absolute Gasteiger partial charge is 0.477 e. The van der Waals surface area contributed by atoms with Gasteiger partial charge in [0.1, 0.15) is 5.69 Å². The van der Waals surface area contributed by atoms with Crippen LogP contribution in [0.5, 0.6) is 0 Å². The van der Waals surface area contributed by atoms with Crippen LogP contribution in [0.4, 0.5) is 5.69 Å². The van der Waals surface area contributed by atoms with Crippen molar-refractivity contribution in [1.82, 2.24) is 4.98 Å². The van der Waals surface area contributed by atoms with Crippen LogP contribution in [-0.4, -0.2) is 22.0 Å². The zero-order valence-corrected chi connectivity index (χ0v) is 11.7. The first-order chi connectivity index (χ1) is 9.93. The summed E-state index contributed by atoms with van der Waals surface area (Å²) in [4.78, 5) is 26.1. The van der Waals surface area contributed by atoms with Gasteiger partial charge in [-0.15, -0.1) is 6.42 Å². The first-order valence-corrected chi connectivity index (χ1v) is 6.24. The zero-order chi connectivity index (χ0) is 15.6. The van der Waals surface area contributed by atoms with Crippen molar-refractivity contribution in [2.75, 3.05) is 5.32 Å². The number of aryl methyl sites for hydroxylation is 1. The number of anilines is 1. The summed E-state index contributed by atoms with van der Waals surface area (Å²) in [5.41, 5.74) is 2.49. The lowest BCUT2D eigenvalue weighted by Gasteiger charge is -2.06. The maximum absolute atomic E-state index is 12.3. The van der Waals surface area contributed by atoms with Crippen molar-refractivity contribution in [3.8, 4) is 12.3 Å². The summed E-state index contributed by atoms with van der Waals surface area (Å²) in [7, 11) is 0. The molecule has 1 amide bonds. The molecule has 1 heterocycles. The van der Waals surface area contributed by atoms with Crippen molar-refractivity contribution in [2.24, 2.45) is 0 Å². The third kappa shape index (κ3) is 2.79. The predicted octanol–water partition coefficient (Wildman–Crippen LogP) is 2.56. The number of carbonyl (C=O) groups is 2. The molecule has 2 rings (SSSR count). The minimum absolute atomic E-state index is 0.0232. The van der Waals surface area contributed by atoms with E-state index in [0.29, 0.717) is 28.1 Å². The van der Waals surface area contributed by atoms with Gasteiger partial charge in [-0.2, -0.15) is 0 Å². The number of aromatic nitrogens is 1. The number of hydrogen-bond acceptors (Lipinski definition) is 2. The highest BCUT2D eigenvalue weighted by atomic mass is 16.4. The van der Waals surface area contributed by atoms with Gasteiger partial charge in [0.25, 0.3) is 5.91 Å². The summed E-state index contributed by atoms with van der Waals surface area (Å²) in [5, 5.41) is 11.8. The molecule has 0 spiro atoms. The molecule has 0 saturated carbocycles. The topological polar surface area (TPSA) is 82.2 Å². The van der Waals surface area contributed by atoms with Crippen LogP contribution < -0.4 is 5.32 Å². The highest BCUT2D eigenvalue weighted by molar-refractivity contribution is 6.08. The number of rotatable bonds is 3. The van der Waals surface area contributed by atoms with Crippen LogP contribution in [0.1, 0.15) is 37.7 Å². The molecule has 0 saturated heterocycles. The number of H-pyrrole nitrogens is 1. The van der Waals surface area contributed by atoms with Crippen molar-refractivity contribution >= 4 is 17.6 Å². The van der Waals surface area contributed by atoms with Gasteiger partial charge in [0.2, 0.25) is 0 Å². The lowest BCUT2D eigenvalue weighted by molar-refractivity contribution is 0.0690. The monoisotopic (exact) mass is 282 g/mol. The van der Waals surface area contributed by atoms with E-state index in [1.165, 1.54) is 0 Å². The van der Waals surface area contributed by atoms with Crippen LogP contribution in [0.2, 0.25) is 0 Å². The molecule has 0 aliphatic heterocycles. The molecule has 5 nitrogen and oxygen atoms in total. The van der Waals surface area contributed by atoms with E-state index in [4.69, 9.17) is 11.5 Å². The van der Waals surface area contributed by atoms with E-state index in [1.807, 2.05) is 0 Å². The SMILES string of the molecule is C#Cc1cccc(NC(=O)c2c(C)[nH]c(C(=O)O)c2C)c1. The Kier molecular flexibility index (Phi) is 3.81. The zero-order valence-electron chi connectivity index (χ0n) is 11.7. The Hall–Kier alpha value is -3.00. The highest BCUT2D eigenvalue weighted by Crippen LogP contribution is 2.20. The number of amides is 1. The van der Waals surface area contributed by atoms with Crippen LogP contribution in [0.3, 0.4) is 0 Å². The van der Waals surface area contributed by atoms with Crippen LogP contribution in [0.25, 0.3) is 0 Å². The molecular formula is C16H14N2O3. The second-order valence-electron chi connectivity index (χ2n) is 4.61.